The van der Waals surface area contributed by atoms with Crippen LogP contribution in [-0.2, 0) is 23.4 Å². The second kappa shape index (κ2) is 9.18. The van der Waals surface area contributed by atoms with Crippen LogP contribution in [0.5, 0.6) is 0 Å². The molecule has 11 heteroatoms. The van der Waals surface area contributed by atoms with Crippen LogP contribution in [0.3, 0.4) is 0 Å². The number of aliphatic hydroxyl groups is 1. The van der Waals surface area contributed by atoms with E-state index in [-0.39, 0.29) is 17.4 Å². The van der Waals surface area contributed by atoms with Gasteiger partial charge >= 0.3 is 0 Å². The van der Waals surface area contributed by atoms with E-state index in [0.717, 1.165) is 17.9 Å². The Kier molecular flexibility index (Phi) is 6.20. The van der Waals surface area contributed by atoms with Crippen LogP contribution < -0.4 is 10.2 Å². The highest BCUT2D eigenvalue weighted by Crippen LogP contribution is 2.37. The van der Waals surface area contributed by atoms with Gasteiger partial charge in [0.2, 0.25) is 5.91 Å². The second-order valence-corrected chi connectivity index (χ2v) is 9.75. The van der Waals surface area contributed by atoms with E-state index >= 15 is 0 Å². The molecule has 1 fully saturated rings. The van der Waals surface area contributed by atoms with Crippen LogP contribution in [0.2, 0.25) is 5.02 Å². The Morgan fingerprint density at radius 3 is 2.74 bits per heavy atom. The largest absolute Gasteiger partial charge is 0.382 e. The number of anilines is 2. The number of piperidine rings is 1. The summed E-state index contributed by atoms with van der Waals surface area (Å²) in [6.07, 6.45) is 4.48. The van der Waals surface area contributed by atoms with Crippen molar-refractivity contribution in [2.24, 2.45) is 0 Å². The van der Waals surface area contributed by atoms with Gasteiger partial charge in [0.25, 0.3) is 0 Å². The van der Waals surface area contributed by atoms with Gasteiger partial charge in [-0.15, -0.1) is 0 Å². The average molecular weight is 500 g/mol. The number of halogens is 2. The number of nitrogens with zero attached hydrogens (tertiary/aromatic N) is 6. The number of hydrogen-bond donors (Lipinski definition) is 2. The van der Waals surface area contributed by atoms with Crippen LogP contribution in [0.1, 0.15) is 24.2 Å². The van der Waals surface area contributed by atoms with Gasteiger partial charge in [-0.25, -0.2) is 19.3 Å². The maximum absolute atomic E-state index is 13.7. The summed E-state index contributed by atoms with van der Waals surface area (Å²) < 4.78 is 15.7. The van der Waals surface area contributed by atoms with Crippen molar-refractivity contribution in [2.45, 2.75) is 31.4 Å². The molecule has 2 aliphatic heterocycles. The molecule has 1 saturated heterocycles. The summed E-state index contributed by atoms with van der Waals surface area (Å²) in [6, 6.07) is 4.52. The predicted octanol–water partition coefficient (Wildman–Crippen LogP) is 2.68. The fraction of sp³-hybridized carbons (Fsp3) is 0.417. The summed E-state index contributed by atoms with van der Waals surface area (Å²) in [5.74, 6) is 1.29. The average Bonchev–Trinajstić information content (AvgIpc) is 3.43. The minimum atomic E-state index is -1.14. The van der Waals surface area contributed by atoms with Gasteiger partial charge in [-0.1, -0.05) is 11.6 Å². The number of amides is 1. The molecule has 4 heterocycles. The number of nitrogens with one attached hydrogen (secondary N) is 1. The molecule has 0 atom stereocenters. The number of aromatic nitrogens is 4. The topological polar surface area (TPSA) is 99.4 Å². The Morgan fingerprint density at radius 1 is 1.26 bits per heavy atom. The van der Waals surface area contributed by atoms with Crippen molar-refractivity contribution in [1.82, 2.24) is 24.4 Å². The van der Waals surface area contributed by atoms with Gasteiger partial charge in [0.15, 0.2) is 0 Å². The third kappa shape index (κ3) is 4.61. The molecule has 0 bridgehead atoms. The van der Waals surface area contributed by atoms with Gasteiger partial charge in [-0.2, -0.15) is 0 Å². The van der Waals surface area contributed by atoms with Gasteiger partial charge in [-0.3, -0.25) is 4.79 Å². The third-order valence-corrected chi connectivity index (χ3v) is 6.89. The molecule has 0 saturated carbocycles. The second-order valence-electron chi connectivity index (χ2n) is 9.34. The first kappa shape index (κ1) is 23.7. The summed E-state index contributed by atoms with van der Waals surface area (Å²) in [7, 11) is 3.98. The zero-order chi connectivity index (χ0) is 24.7. The maximum atomic E-state index is 13.7. The smallest absolute Gasteiger partial charge is 0.230 e. The first-order chi connectivity index (χ1) is 16.7. The first-order valence-corrected chi connectivity index (χ1v) is 11.9. The van der Waals surface area contributed by atoms with Gasteiger partial charge in [-0.05, 0) is 32.3 Å². The molecule has 3 aromatic rings. The SMILES string of the molecule is CN(C)CCn1cc(-c2ccc(F)c(Cl)c2)nc1C1(O)CCN(c2ncnc3c2CC(=O)N3)CC1. The van der Waals surface area contributed by atoms with Crippen LogP contribution in [-0.4, -0.2) is 69.2 Å². The molecule has 35 heavy (non-hydrogen) atoms. The van der Waals surface area contributed by atoms with Crippen molar-refractivity contribution < 1.29 is 14.3 Å². The molecule has 9 nitrogen and oxygen atoms in total. The molecule has 1 aromatic carbocycles. The fourth-order valence-electron chi connectivity index (χ4n) is 4.65. The van der Waals surface area contributed by atoms with Crippen molar-refractivity contribution in [3.8, 4) is 11.3 Å². The Bertz CT molecular complexity index is 1270. The molecule has 5 rings (SSSR count). The lowest BCUT2D eigenvalue weighted by atomic mass is 9.90. The molecular weight excluding hydrogens is 473 g/mol. The van der Waals surface area contributed by atoms with Crippen LogP contribution in [0.25, 0.3) is 11.3 Å². The molecule has 2 aromatic heterocycles. The standard InChI is InChI=1S/C24H27ClFN7O2/c1-31(2)9-10-33-13-19(15-3-4-18(26)17(25)11-15)29-23(33)24(35)5-7-32(8-6-24)22-16-12-20(34)30-21(16)27-14-28-22/h3-4,11,13-14,35H,5-10,12H2,1-2H3,(H,27,28,30,34). The van der Waals surface area contributed by atoms with Crippen LogP contribution >= 0.6 is 11.6 Å². The van der Waals surface area contributed by atoms with E-state index in [1.54, 1.807) is 12.1 Å². The summed E-state index contributed by atoms with van der Waals surface area (Å²) in [5.41, 5.74) is 0.978. The number of likely N-dealkylation sites (N-methyl/N-ethyl adjacent to an activating group) is 1. The lowest BCUT2D eigenvalue weighted by Crippen LogP contribution is -2.45. The number of imidazole rings is 1. The number of fused-ring (bicyclic) bond motifs is 1. The van der Waals surface area contributed by atoms with Gasteiger partial charge < -0.3 is 24.8 Å². The zero-order valence-corrected chi connectivity index (χ0v) is 20.4. The first-order valence-electron chi connectivity index (χ1n) is 11.5. The molecule has 2 N–H and O–H groups in total. The maximum Gasteiger partial charge on any atom is 0.230 e. The minimum Gasteiger partial charge on any atom is -0.382 e. The zero-order valence-electron chi connectivity index (χ0n) is 19.6. The summed E-state index contributed by atoms with van der Waals surface area (Å²) in [5, 5.41) is 14.5. The Hall–Kier alpha value is -3.08. The fourth-order valence-corrected chi connectivity index (χ4v) is 4.84. The van der Waals surface area contributed by atoms with E-state index < -0.39 is 11.4 Å². The van der Waals surface area contributed by atoms with Gasteiger partial charge in [0.1, 0.15) is 35.2 Å². The molecule has 0 spiro atoms. The predicted molar refractivity (Wildman–Crippen MR) is 131 cm³/mol. The highest BCUT2D eigenvalue weighted by Gasteiger charge is 2.39. The van der Waals surface area contributed by atoms with Crippen LogP contribution in [0.15, 0.2) is 30.7 Å². The number of rotatable bonds is 6. The summed E-state index contributed by atoms with van der Waals surface area (Å²) in [4.78, 5) is 29.4. The van der Waals surface area contributed by atoms with E-state index in [4.69, 9.17) is 16.6 Å². The van der Waals surface area contributed by atoms with E-state index in [0.29, 0.717) is 55.4 Å². The van der Waals surface area contributed by atoms with Crippen molar-refractivity contribution in [1.29, 1.82) is 0 Å². The number of carbonyl (C=O) groups is 1. The van der Waals surface area contributed by atoms with Crippen molar-refractivity contribution >= 4 is 29.1 Å². The lowest BCUT2D eigenvalue weighted by Gasteiger charge is -2.39. The van der Waals surface area contributed by atoms with Crippen molar-refractivity contribution in [3.63, 3.8) is 0 Å². The normalized spacial score (nSPS) is 17.1. The van der Waals surface area contributed by atoms with Crippen molar-refractivity contribution in [2.75, 3.05) is 43.9 Å². The van der Waals surface area contributed by atoms with Crippen LogP contribution in [0, 0.1) is 5.82 Å². The van der Waals surface area contributed by atoms with E-state index in [2.05, 4.69) is 25.1 Å². The highest BCUT2D eigenvalue weighted by atomic mass is 35.5. The molecule has 1 amide bonds. The van der Waals surface area contributed by atoms with Crippen molar-refractivity contribution in [3.05, 3.63) is 53.0 Å². The Balaban J connectivity index is 1.42. The molecule has 0 radical (unpaired) electrons. The molecule has 0 aliphatic carbocycles. The summed E-state index contributed by atoms with van der Waals surface area (Å²) in [6.45, 7) is 2.51. The van der Waals surface area contributed by atoms with E-state index in [1.165, 1.54) is 12.4 Å². The monoisotopic (exact) mass is 499 g/mol. The number of hydrogen-bond acceptors (Lipinski definition) is 7. The molecule has 2 aliphatic rings. The van der Waals surface area contributed by atoms with Gasteiger partial charge in [0, 0.05) is 56.3 Å². The summed E-state index contributed by atoms with van der Waals surface area (Å²) >= 11 is 6.01. The third-order valence-electron chi connectivity index (χ3n) is 6.60. The minimum absolute atomic E-state index is 0.0317. The number of benzene rings is 1. The lowest BCUT2D eigenvalue weighted by molar-refractivity contribution is -0.115. The molecule has 0 unspecified atom stereocenters. The highest BCUT2D eigenvalue weighted by molar-refractivity contribution is 6.31. The molecule has 184 valence electrons. The van der Waals surface area contributed by atoms with E-state index in [1.807, 2.05) is 24.9 Å². The van der Waals surface area contributed by atoms with E-state index in [9.17, 15) is 14.3 Å². The Morgan fingerprint density at radius 2 is 2.03 bits per heavy atom. The van der Waals surface area contributed by atoms with Crippen LogP contribution in [0.4, 0.5) is 16.0 Å². The molecular formula is C24H27ClFN7O2. The number of carbonyl (C=O) groups excluding carboxylic acids is 1. The quantitative estimate of drug-likeness (QED) is 0.538. The van der Waals surface area contributed by atoms with Gasteiger partial charge in [0.05, 0.1) is 17.1 Å². The Labute approximate surface area is 207 Å².